The first-order valence-corrected chi connectivity index (χ1v) is 19.3. The number of fused-ring (bicyclic) bond motifs is 3. The zero-order valence-corrected chi connectivity index (χ0v) is 30.6. The first-order chi connectivity index (χ1) is 24.7. The molecule has 12 heteroatoms. The number of hydrogen-bond donors (Lipinski definition) is 0. The van der Waals surface area contributed by atoms with E-state index in [1.54, 1.807) is 19.3 Å². The van der Waals surface area contributed by atoms with E-state index in [2.05, 4.69) is 18.8 Å². The minimum absolute atomic E-state index is 0.00541. The van der Waals surface area contributed by atoms with Gasteiger partial charge in [0.15, 0.2) is 5.43 Å². The van der Waals surface area contributed by atoms with Crippen molar-refractivity contribution in [2.45, 2.75) is 52.9 Å². The van der Waals surface area contributed by atoms with Gasteiger partial charge in [0, 0.05) is 41.9 Å². The maximum Gasteiger partial charge on any atom is 0.475 e. The number of carbonyl (C=O) groups is 1. The van der Waals surface area contributed by atoms with Crippen molar-refractivity contribution >= 4 is 25.1 Å². The molecule has 0 fully saturated rings. The van der Waals surface area contributed by atoms with Gasteiger partial charge < -0.3 is 14.0 Å². The van der Waals surface area contributed by atoms with Gasteiger partial charge in [0.25, 0.3) is 0 Å². The largest absolute Gasteiger partial charge is 0.493 e. The third kappa shape index (κ3) is 8.92. The molecule has 10 nitrogen and oxygen atoms in total. The molecule has 0 amide bonds. The molecule has 1 atom stereocenters. The SMILES string of the molecule is CCOC(=O)c1cn2c(cc1=O)-c1cc(-c3nccs3)c(OCCCOP(=O)(OCc3ccccc3)OCc3ccccc3)cc1CC2C(C)C. The van der Waals surface area contributed by atoms with E-state index in [4.69, 9.17) is 23.0 Å². The fourth-order valence-corrected chi connectivity index (χ4v) is 7.79. The van der Waals surface area contributed by atoms with E-state index in [1.807, 2.05) is 82.7 Å². The topological polar surface area (TPSA) is 115 Å². The Hall–Kier alpha value is -4.38. The summed E-state index contributed by atoms with van der Waals surface area (Å²) < 4.78 is 44.6. The minimum Gasteiger partial charge on any atom is -0.493 e. The molecule has 3 aromatic carbocycles. The van der Waals surface area contributed by atoms with E-state index >= 15 is 0 Å². The fraction of sp³-hybridized carbons (Fsp3) is 0.308. The number of phosphoric ester groups is 1. The molecule has 266 valence electrons. The van der Waals surface area contributed by atoms with Gasteiger partial charge in [0.05, 0.1) is 44.3 Å². The molecule has 0 bridgehead atoms. The summed E-state index contributed by atoms with van der Waals surface area (Å²) in [7, 11) is -3.91. The predicted molar refractivity (Wildman–Crippen MR) is 197 cm³/mol. The lowest BCUT2D eigenvalue weighted by atomic mass is 9.86. The van der Waals surface area contributed by atoms with E-state index in [1.165, 1.54) is 17.4 Å². The Balaban J connectivity index is 1.20. The summed E-state index contributed by atoms with van der Waals surface area (Å²) in [5.41, 5.74) is 4.76. The molecule has 2 aromatic heterocycles. The number of carbonyl (C=O) groups excluding carboxylic acids is 1. The first-order valence-electron chi connectivity index (χ1n) is 17.0. The molecular formula is C39H41N2O8PS. The lowest BCUT2D eigenvalue weighted by Gasteiger charge is -2.34. The summed E-state index contributed by atoms with van der Waals surface area (Å²) in [4.78, 5) is 30.3. The molecule has 0 aliphatic carbocycles. The summed E-state index contributed by atoms with van der Waals surface area (Å²) in [5, 5.41) is 2.66. The second-order valence-corrected chi connectivity index (χ2v) is 15.0. The highest BCUT2D eigenvalue weighted by Crippen LogP contribution is 2.51. The number of aromatic nitrogens is 2. The third-order valence-corrected chi connectivity index (χ3v) is 10.7. The van der Waals surface area contributed by atoms with E-state index in [0.29, 0.717) is 18.6 Å². The van der Waals surface area contributed by atoms with Gasteiger partial charge in [-0.3, -0.25) is 18.4 Å². The highest BCUT2D eigenvalue weighted by Gasteiger charge is 2.30. The number of benzene rings is 3. The Labute approximate surface area is 301 Å². The molecule has 0 saturated carbocycles. The average Bonchev–Trinajstić information content (AvgIpc) is 3.68. The number of thiazole rings is 1. The van der Waals surface area contributed by atoms with Gasteiger partial charge in [0.2, 0.25) is 0 Å². The number of hydrogen-bond acceptors (Lipinski definition) is 10. The van der Waals surface area contributed by atoms with Crippen molar-refractivity contribution < 1.29 is 32.4 Å². The van der Waals surface area contributed by atoms with Gasteiger partial charge in [-0.25, -0.2) is 14.3 Å². The molecule has 0 radical (unpaired) electrons. The van der Waals surface area contributed by atoms with Crippen LogP contribution in [0.1, 0.15) is 60.3 Å². The standard InChI is InChI=1S/C39H41N2O8PS/c1-4-45-39(43)33-24-41-34(27(2)3)20-30-21-37(32(38-40-16-19-51-38)22-31(30)35(41)23-36(33)42)46-17-11-18-47-50(44,48-25-28-12-7-5-8-13-28)49-26-29-14-9-6-10-15-29/h5-10,12-16,19,21-24,27,34H,4,11,17-18,20,25-26H2,1-3H3. The Kier molecular flexibility index (Phi) is 12.0. The average molecular weight is 729 g/mol. The van der Waals surface area contributed by atoms with Crippen LogP contribution < -0.4 is 10.2 Å². The van der Waals surface area contributed by atoms with Gasteiger partial charge in [-0.2, -0.15) is 0 Å². The van der Waals surface area contributed by atoms with Gasteiger partial charge in [-0.1, -0.05) is 74.5 Å². The van der Waals surface area contributed by atoms with E-state index in [-0.39, 0.29) is 56.0 Å². The van der Waals surface area contributed by atoms with Crippen LogP contribution in [0.5, 0.6) is 5.75 Å². The highest BCUT2D eigenvalue weighted by molar-refractivity contribution is 7.48. The normalized spacial score (nSPS) is 13.8. The van der Waals surface area contributed by atoms with E-state index < -0.39 is 13.8 Å². The highest BCUT2D eigenvalue weighted by atomic mass is 32.1. The number of esters is 1. The van der Waals surface area contributed by atoms with Crippen LogP contribution in [0, 0.1) is 5.92 Å². The third-order valence-electron chi connectivity index (χ3n) is 8.53. The molecule has 5 aromatic rings. The van der Waals surface area contributed by atoms with Crippen LogP contribution in [-0.4, -0.2) is 35.3 Å². The van der Waals surface area contributed by atoms with Gasteiger partial charge >= 0.3 is 13.8 Å². The molecule has 0 saturated heterocycles. The summed E-state index contributed by atoms with van der Waals surface area (Å²) in [6, 6.07) is 24.4. The maximum absolute atomic E-state index is 13.7. The molecule has 51 heavy (non-hydrogen) atoms. The number of pyridine rings is 1. The van der Waals surface area contributed by atoms with Crippen LogP contribution >= 0.6 is 19.2 Å². The second kappa shape index (κ2) is 16.8. The lowest BCUT2D eigenvalue weighted by Crippen LogP contribution is -2.28. The Morgan fingerprint density at radius 2 is 1.63 bits per heavy atom. The van der Waals surface area contributed by atoms with Crippen LogP contribution in [0.15, 0.2) is 101 Å². The zero-order valence-electron chi connectivity index (χ0n) is 28.9. The van der Waals surface area contributed by atoms with Crippen molar-refractivity contribution in [3.05, 3.63) is 129 Å². The van der Waals surface area contributed by atoms with Crippen LogP contribution in [0.2, 0.25) is 0 Å². The molecular weight excluding hydrogens is 687 g/mol. The van der Waals surface area contributed by atoms with Crippen LogP contribution in [-0.2, 0) is 42.5 Å². The first kappa shape index (κ1) is 36.4. The van der Waals surface area contributed by atoms with Crippen molar-refractivity contribution in [3.63, 3.8) is 0 Å². The smallest absolute Gasteiger partial charge is 0.475 e. The van der Waals surface area contributed by atoms with Crippen molar-refractivity contribution in [2.24, 2.45) is 5.92 Å². The van der Waals surface area contributed by atoms with Crippen molar-refractivity contribution in [1.82, 2.24) is 9.55 Å². The molecule has 1 aliphatic heterocycles. The maximum atomic E-state index is 13.7. The number of phosphoric acid groups is 1. The van der Waals surface area contributed by atoms with Crippen LogP contribution in [0.25, 0.3) is 21.8 Å². The predicted octanol–water partition coefficient (Wildman–Crippen LogP) is 8.90. The molecule has 3 heterocycles. The Morgan fingerprint density at radius 3 is 2.24 bits per heavy atom. The second-order valence-electron chi connectivity index (χ2n) is 12.4. The minimum atomic E-state index is -3.91. The Bertz CT molecular complexity index is 1990. The lowest BCUT2D eigenvalue weighted by molar-refractivity contribution is 0.0523. The van der Waals surface area contributed by atoms with Crippen molar-refractivity contribution in [2.75, 3.05) is 19.8 Å². The summed E-state index contributed by atoms with van der Waals surface area (Å²) >= 11 is 1.48. The van der Waals surface area contributed by atoms with Crippen molar-refractivity contribution in [1.29, 1.82) is 0 Å². The zero-order chi connectivity index (χ0) is 35.8. The quantitative estimate of drug-likeness (QED) is 0.0558. The summed E-state index contributed by atoms with van der Waals surface area (Å²) in [6.07, 6.45) is 4.45. The molecule has 6 rings (SSSR count). The molecule has 1 unspecified atom stereocenters. The van der Waals surface area contributed by atoms with Gasteiger partial charge in [-0.05, 0) is 48.1 Å². The molecule has 0 N–H and O–H groups in total. The van der Waals surface area contributed by atoms with Crippen LogP contribution in [0.4, 0.5) is 0 Å². The van der Waals surface area contributed by atoms with Gasteiger partial charge in [-0.15, -0.1) is 11.3 Å². The van der Waals surface area contributed by atoms with E-state index in [0.717, 1.165) is 38.5 Å². The number of nitrogens with zero attached hydrogens (tertiary/aromatic N) is 2. The summed E-state index contributed by atoms with van der Waals surface area (Å²) in [5.74, 6) is 0.233. The number of ether oxygens (including phenoxy) is 2. The van der Waals surface area contributed by atoms with Crippen LogP contribution in [0.3, 0.4) is 0 Å². The summed E-state index contributed by atoms with van der Waals surface area (Å²) in [6.45, 7) is 6.64. The molecule has 1 aliphatic rings. The molecule has 0 spiro atoms. The van der Waals surface area contributed by atoms with Crippen molar-refractivity contribution in [3.8, 4) is 27.6 Å². The Morgan fingerprint density at radius 1 is 0.941 bits per heavy atom. The number of rotatable bonds is 16. The van der Waals surface area contributed by atoms with E-state index in [9.17, 15) is 14.2 Å². The monoisotopic (exact) mass is 728 g/mol. The fourth-order valence-electron chi connectivity index (χ4n) is 5.94. The van der Waals surface area contributed by atoms with Gasteiger partial charge in [0.1, 0.15) is 16.3 Å².